The van der Waals surface area contributed by atoms with Gasteiger partial charge in [0, 0.05) is 37.0 Å². The number of hydrogen-bond acceptors (Lipinski definition) is 8. The summed E-state index contributed by atoms with van der Waals surface area (Å²) in [4.78, 5) is 4.33. The standard InChI is InChI=1S/C10H20N2S4.C8H8N4/c1-5-11(6-2)9(13)15-16-10(14)12(7-3)8-4;9-11-8-7-4-2-1-3-6(7)5-10-12-8/h5-8H2,1-4H3;1-5H,9H2,(H,11,12). The lowest BCUT2D eigenvalue weighted by molar-refractivity contribution is 0.482. The van der Waals surface area contributed by atoms with Crippen LogP contribution in [-0.4, -0.2) is 54.8 Å². The van der Waals surface area contributed by atoms with E-state index < -0.39 is 0 Å². The zero-order valence-corrected chi connectivity index (χ0v) is 20.0. The molecule has 154 valence electrons. The molecule has 0 saturated heterocycles. The molecule has 10 heteroatoms. The maximum Gasteiger partial charge on any atom is 0.170 e. The van der Waals surface area contributed by atoms with E-state index in [-0.39, 0.29) is 0 Å². The average molecular weight is 457 g/mol. The van der Waals surface area contributed by atoms with Crippen LogP contribution in [0.5, 0.6) is 0 Å². The Balaban J connectivity index is 0.000000289. The Hall–Kier alpha value is -1.20. The van der Waals surface area contributed by atoms with Crippen LogP contribution < -0.4 is 11.3 Å². The third-order valence-corrected chi connectivity index (χ3v) is 7.67. The van der Waals surface area contributed by atoms with Gasteiger partial charge in [-0.05, 0) is 49.3 Å². The van der Waals surface area contributed by atoms with Gasteiger partial charge in [-0.1, -0.05) is 48.7 Å². The number of benzene rings is 1. The largest absolute Gasteiger partial charge is 0.357 e. The number of anilines is 1. The molecule has 0 bridgehead atoms. The molecule has 2 aromatic rings. The number of rotatable bonds is 5. The van der Waals surface area contributed by atoms with Gasteiger partial charge < -0.3 is 15.2 Å². The fourth-order valence-electron chi connectivity index (χ4n) is 2.27. The minimum absolute atomic E-state index is 0.605. The maximum absolute atomic E-state index is 5.34. The zero-order chi connectivity index (χ0) is 20.9. The summed E-state index contributed by atoms with van der Waals surface area (Å²) >= 11 is 10.7. The van der Waals surface area contributed by atoms with Crippen LogP contribution in [0.4, 0.5) is 5.82 Å². The van der Waals surface area contributed by atoms with Gasteiger partial charge in [0.15, 0.2) is 5.82 Å². The molecule has 0 spiro atoms. The van der Waals surface area contributed by atoms with Crippen molar-refractivity contribution in [1.29, 1.82) is 0 Å². The van der Waals surface area contributed by atoms with Crippen LogP contribution in [0.2, 0.25) is 0 Å². The first kappa shape index (κ1) is 24.8. The summed E-state index contributed by atoms with van der Waals surface area (Å²) in [7, 11) is 3.18. The molecule has 0 aliphatic carbocycles. The fourth-order valence-corrected chi connectivity index (χ4v) is 5.33. The Morgan fingerprint density at radius 1 is 0.964 bits per heavy atom. The Morgan fingerprint density at radius 3 is 1.93 bits per heavy atom. The van der Waals surface area contributed by atoms with Gasteiger partial charge >= 0.3 is 0 Å². The van der Waals surface area contributed by atoms with Crippen molar-refractivity contribution in [3.63, 3.8) is 0 Å². The van der Waals surface area contributed by atoms with Gasteiger partial charge in [0.05, 0.1) is 6.20 Å². The van der Waals surface area contributed by atoms with E-state index in [1.54, 1.807) is 27.8 Å². The molecule has 0 atom stereocenters. The third-order valence-electron chi connectivity index (χ3n) is 3.93. The van der Waals surface area contributed by atoms with Crippen LogP contribution in [0.25, 0.3) is 10.8 Å². The van der Waals surface area contributed by atoms with Crippen molar-refractivity contribution in [2.45, 2.75) is 27.7 Å². The summed E-state index contributed by atoms with van der Waals surface area (Å²) in [5.74, 6) is 5.87. The zero-order valence-electron chi connectivity index (χ0n) is 16.7. The summed E-state index contributed by atoms with van der Waals surface area (Å²) < 4.78 is 1.84. The second-order valence-corrected chi connectivity index (χ2v) is 8.86. The summed E-state index contributed by atoms with van der Waals surface area (Å²) in [6.45, 7) is 12.3. The molecule has 0 unspecified atom stereocenters. The molecule has 1 aromatic heterocycles. The average Bonchev–Trinajstić information content (AvgIpc) is 2.74. The minimum Gasteiger partial charge on any atom is -0.357 e. The molecule has 3 N–H and O–H groups in total. The van der Waals surface area contributed by atoms with Gasteiger partial charge in [-0.2, -0.15) is 5.10 Å². The van der Waals surface area contributed by atoms with Crippen molar-refractivity contribution in [2.75, 3.05) is 31.6 Å². The van der Waals surface area contributed by atoms with Crippen molar-refractivity contribution in [3.05, 3.63) is 30.5 Å². The monoisotopic (exact) mass is 456 g/mol. The number of nitrogens with two attached hydrogens (primary N) is 1. The number of hydrazine groups is 1. The maximum atomic E-state index is 5.34. The lowest BCUT2D eigenvalue weighted by atomic mass is 10.2. The molecule has 28 heavy (non-hydrogen) atoms. The summed E-state index contributed by atoms with van der Waals surface area (Å²) in [5, 5.41) is 9.64. The number of nitrogens with zero attached hydrogens (tertiary/aromatic N) is 4. The number of fused-ring (bicyclic) bond motifs is 1. The van der Waals surface area contributed by atoms with Crippen LogP contribution in [0.1, 0.15) is 27.7 Å². The second-order valence-electron chi connectivity index (χ2n) is 5.47. The first-order chi connectivity index (χ1) is 13.5. The van der Waals surface area contributed by atoms with Gasteiger partial charge in [-0.25, -0.2) is 5.84 Å². The van der Waals surface area contributed by atoms with Crippen molar-refractivity contribution >= 4 is 71.3 Å². The van der Waals surface area contributed by atoms with Crippen molar-refractivity contribution in [1.82, 2.24) is 20.0 Å². The van der Waals surface area contributed by atoms with Crippen LogP contribution in [0.3, 0.4) is 0 Å². The van der Waals surface area contributed by atoms with E-state index >= 15 is 0 Å². The van der Waals surface area contributed by atoms with Crippen LogP contribution in [0.15, 0.2) is 30.5 Å². The molecule has 1 heterocycles. The molecule has 0 amide bonds. The SMILES string of the molecule is CCN(CC)C(=S)SSC(=S)N(CC)CC.NNc1nncc2ccccc12. The second kappa shape index (κ2) is 13.9. The van der Waals surface area contributed by atoms with E-state index in [4.69, 9.17) is 30.3 Å². The molecule has 1 aromatic carbocycles. The van der Waals surface area contributed by atoms with Crippen LogP contribution in [-0.2, 0) is 0 Å². The molecular weight excluding hydrogens is 429 g/mol. The smallest absolute Gasteiger partial charge is 0.170 e. The molecule has 0 aliphatic heterocycles. The highest BCUT2D eigenvalue weighted by molar-refractivity contribution is 8.89. The molecule has 2 rings (SSSR count). The number of nitrogen functional groups attached to an aromatic ring is 1. The van der Waals surface area contributed by atoms with Gasteiger partial charge in [0.25, 0.3) is 0 Å². The van der Waals surface area contributed by atoms with Crippen LogP contribution >= 0.6 is 46.0 Å². The number of nitrogens with one attached hydrogen (secondary N) is 1. The van der Waals surface area contributed by atoms with Crippen molar-refractivity contribution in [3.8, 4) is 0 Å². The molecule has 0 radical (unpaired) electrons. The topological polar surface area (TPSA) is 70.3 Å². The Labute approximate surface area is 186 Å². The van der Waals surface area contributed by atoms with E-state index in [0.29, 0.717) is 5.82 Å². The lowest BCUT2D eigenvalue weighted by Gasteiger charge is -2.23. The Kier molecular flexibility index (Phi) is 12.3. The Morgan fingerprint density at radius 2 is 1.46 bits per heavy atom. The quantitative estimate of drug-likeness (QED) is 0.290. The third kappa shape index (κ3) is 7.67. The van der Waals surface area contributed by atoms with Crippen LogP contribution in [0, 0.1) is 0 Å². The number of hydrogen-bond donors (Lipinski definition) is 2. The number of aromatic nitrogens is 2. The molecule has 0 aliphatic rings. The van der Waals surface area contributed by atoms with Crippen molar-refractivity contribution in [2.24, 2.45) is 5.84 Å². The van der Waals surface area contributed by atoms with E-state index in [1.807, 2.05) is 24.3 Å². The summed E-state index contributed by atoms with van der Waals surface area (Å²) in [6, 6.07) is 7.79. The first-order valence-corrected chi connectivity index (χ1v) is 12.1. The highest BCUT2D eigenvalue weighted by atomic mass is 33.1. The van der Waals surface area contributed by atoms with E-state index in [2.05, 4.69) is 53.1 Å². The van der Waals surface area contributed by atoms with Crippen molar-refractivity contribution < 1.29 is 0 Å². The van der Waals surface area contributed by atoms with E-state index in [0.717, 1.165) is 45.6 Å². The molecule has 6 nitrogen and oxygen atoms in total. The highest BCUT2D eigenvalue weighted by Gasteiger charge is 2.11. The normalized spacial score (nSPS) is 10.0. The lowest BCUT2D eigenvalue weighted by Crippen LogP contribution is -2.28. The highest BCUT2D eigenvalue weighted by Crippen LogP contribution is 2.28. The van der Waals surface area contributed by atoms with E-state index in [1.165, 1.54) is 0 Å². The molecule has 0 fully saturated rings. The van der Waals surface area contributed by atoms with E-state index in [9.17, 15) is 0 Å². The summed E-state index contributed by atoms with van der Waals surface area (Å²) in [5.41, 5.74) is 2.50. The first-order valence-electron chi connectivity index (χ1n) is 9.11. The van der Waals surface area contributed by atoms with Gasteiger partial charge in [0.2, 0.25) is 0 Å². The van der Waals surface area contributed by atoms with Gasteiger partial charge in [0.1, 0.15) is 8.64 Å². The summed E-state index contributed by atoms with van der Waals surface area (Å²) in [6.07, 6.45) is 1.70. The Bertz CT molecular complexity index is 720. The fraction of sp³-hybridized carbons (Fsp3) is 0.444. The molecular formula is C18H28N6S4. The number of thiocarbonyl (C=S) groups is 2. The van der Waals surface area contributed by atoms with Gasteiger partial charge in [-0.3, -0.25) is 0 Å². The predicted octanol–water partition coefficient (Wildman–Crippen LogP) is 4.54. The predicted molar refractivity (Wildman–Crippen MR) is 134 cm³/mol. The molecule has 0 saturated carbocycles. The van der Waals surface area contributed by atoms with Gasteiger partial charge in [-0.15, -0.1) is 5.10 Å². The minimum atomic E-state index is 0.605.